The van der Waals surface area contributed by atoms with Crippen molar-refractivity contribution in [2.45, 2.75) is 131 Å². The van der Waals surface area contributed by atoms with Crippen LogP contribution in [0.1, 0.15) is 107 Å². The Labute approximate surface area is 451 Å². The number of carboxylic acids is 4. The number of carbonyl (C=O) groups is 8. The zero-order valence-corrected chi connectivity index (χ0v) is 44.4. The van der Waals surface area contributed by atoms with Crippen molar-refractivity contribution in [2.75, 3.05) is 52.6 Å². The van der Waals surface area contributed by atoms with Gasteiger partial charge in [0.25, 0.3) is 0 Å². The van der Waals surface area contributed by atoms with E-state index < -0.39 is 93.6 Å². The summed E-state index contributed by atoms with van der Waals surface area (Å²) in [5, 5.41) is 124. The SMILES string of the molecule is CC(C)(CO)[C@@H](O)C(=O)NCCCC(=O)[O-].CC(C)(CO)[C@@H](O)C(=O)NCCCC(=O)[O-].CC(C)(CO)[C@@H](O)C(=O)NCCCC(=O)[O-].CC(C)(CO)[C@@H](O)C(=O)NCCCC(=O)[O-].O.[Ca+2].[Ca+2]. The molecule has 0 aromatic heterocycles. The fourth-order valence-electron chi connectivity index (χ4n) is 3.93. The van der Waals surface area contributed by atoms with Gasteiger partial charge in [-0.2, -0.15) is 0 Å². The predicted molar refractivity (Wildman–Crippen MR) is 232 cm³/mol. The van der Waals surface area contributed by atoms with Gasteiger partial charge in [-0.3, -0.25) is 19.2 Å². The van der Waals surface area contributed by atoms with Crippen molar-refractivity contribution in [3.63, 3.8) is 0 Å². The Morgan fingerprint density at radius 1 is 0.373 bits per heavy atom. The van der Waals surface area contributed by atoms with Gasteiger partial charge in [0, 0.05) is 71.7 Å². The summed E-state index contributed by atoms with van der Waals surface area (Å²) in [7, 11) is 0. The van der Waals surface area contributed by atoms with Gasteiger partial charge in [-0.15, -0.1) is 0 Å². The Kier molecular flexibility index (Phi) is 49.2. The molecule has 0 radical (unpaired) electrons. The van der Waals surface area contributed by atoms with Crippen LogP contribution < -0.4 is 41.7 Å². The Morgan fingerprint density at radius 3 is 0.612 bits per heavy atom. The summed E-state index contributed by atoms with van der Waals surface area (Å²) in [5.41, 5.74) is -3.67. The molecule has 384 valence electrons. The van der Waals surface area contributed by atoms with Gasteiger partial charge in [-0.05, 0) is 51.4 Å². The Bertz CT molecular complexity index is 1230. The largest absolute Gasteiger partial charge is 2.00 e. The van der Waals surface area contributed by atoms with Crippen LogP contribution >= 0.6 is 0 Å². The summed E-state index contributed by atoms with van der Waals surface area (Å²) in [6.45, 7) is 11.8. The van der Waals surface area contributed by atoms with E-state index in [4.69, 9.17) is 20.4 Å². The van der Waals surface area contributed by atoms with E-state index in [1.807, 2.05) is 0 Å². The van der Waals surface area contributed by atoms with E-state index in [1.54, 1.807) is 55.4 Å². The number of hydrogen-bond acceptors (Lipinski definition) is 20. The molecule has 0 aliphatic rings. The Hall–Kier alpha value is -2.08. The van der Waals surface area contributed by atoms with Crippen molar-refractivity contribution in [2.24, 2.45) is 21.7 Å². The number of amides is 4. The zero-order chi connectivity index (χ0) is 51.1. The van der Waals surface area contributed by atoms with Crippen LogP contribution in [0.2, 0.25) is 0 Å². The summed E-state index contributed by atoms with van der Waals surface area (Å²) < 4.78 is 0. The molecule has 0 bridgehead atoms. The van der Waals surface area contributed by atoms with Crippen LogP contribution in [0.3, 0.4) is 0 Å². The summed E-state index contributed by atoms with van der Waals surface area (Å²) in [5.74, 6) is -7.16. The van der Waals surface area contributed by atoms with E-state index >= 15 is 0 Å². The maximum atomic E-state index is 11.4. The molecule has 27 heteroatoms. The van der Waals surface area contributed by atoms with Gasteiger partial charge in [-0.1, -0.05) is 55.4 Å². The molecule has 0 unspecified atom stereocenters. The molecule has 0 aromatic carbocycles. The van der Waals surface area contributed by atoms with Crippen LogP contribution in [-0.4, -0.2) is 246 Å². The van der Waals surface area contributed by atoms with E-state index in [0.29, 0.717) is 0 Å². The van der Waals surface area contributed by atoms with E-state index in [9.17, 15) is 79.2 Å². The quantitative estimate of drug-likeness (QED) is 0.0256. The average molecular weight is 1030 g/mol. The average Bonchev–Trinajstić information content (AvgIpc) is 3.22. The molecule has 0 aromatic rings. The first-order valence-electron chi connectivity index (χ1n) is 20.3. The van der Waals surface area contributed by atoms with Crippen LogP contribution in [0, 0.1) is 21.7 Å². The second-order valence-electron chi connectivity index (χ2n) is 17.3. The molecule has 0 heterocycles. The predicted octanol–water partition coefficient (Wildman–Crippen LogP) is -9.54. The molecule has 67 heavy (non-hydrogen) atoms. The number of nitrogens with one attached hydrogen (secondary N) is 4. The molecular formula is C40H74Ca2N4O21. The van der Waals surface area contributed by atoms with Crippen LogP contribution in [0.4, 0.5) is 0 Å². The molecule has 25 nitrogen and oxygen atoms in total. The third-order valence-corrected chi connectivity index (χ3v) is 9.01. The first-order chi connectivity index (χ1) is 29.2. The minimum absolute atomic E-state index is 0. The molecule has 14 N–H and O–H groups in total. The van der Waals surface area contributed by atoms with Gasteiger partial charge in [0.15, 0.2) is 0 Å². The summed E-state index contributed by atoms with van der Waals surface area (Å²) in [6.07, 6.45) is -4.83. The first kappa shape index (κ1) is 79.1. The van der Waals surface area contributed by atoms with Gasteiger partial charge in [-0.25, -0.2) is 0 Å². The van der Waals surface area contributed by atoms with E-state index in [0.717, 1.165) is 0 Å². The van der Waals surface area contributed by atoms with Crippen LogP contribution in [0.15, 0.2) is 0 Å². The maximum Gasteiger partial charge on any atom is 2.00 e. The van der Waals surface area contributed by atoms with Gasteiger partial charge in [0.1, 0.15) is 24.4 Å². The molecule has 0 aliphatic carbocycles. The van der Waals surface area contributed by atoms with E-state index in [-0.39, 0.29) is 185 Å². The van der Waals surface area contributed by atoms with Crippen LogP contribution in [0.25, 0.3) is 0 Å². The van der Waals surface area contributed by atoms with Crippen molar-refractivity contribution >= 4 is 123 Å². The van der Waals surface area contributed by atoms with Gasteiger partial charge in [0.05, 0.1) is 26.4 Å². The number of aliphatic hydroxyl groups excluding tert-OH is 8. The normalized spacial score (nSPS) is 12.7. The molecule has 0 spiro atoms. The third-order valence-electron chi connectivity index (χ3n) is 9.01. The fourth-order valence-corrected chi connectivity index (χ4v) is 3.93. The standard InChI is InChI=1S/4C10H19NO5.2Ca.H2O/c4*1-10(2,6-12)8(15)9(16)11-5-3-4-7(13)14;;;/h4*8,12,15H,3-6H2,1-2H3,(H,11,16)(H,13,14);;;1H2/q;;;;2*+2;/p-4/t4*8-;;;/m0000.../s1. The summed E-state index contributed by atoms with van der Waals surface area (Å²) in [4.78, 5) is 85.7. The van der Waals surface area contributed by atoms with Gasteiger partial charge in [0.2, 0.25) is 23.6 Å². The van der Waals surface area contributed by atoms with Gasteiger partial charge >= 0.3 is 75.5 Å². The number of aliphatic carboxylic acids is 4. The summed E-state index contributed by atoms with van der Waals surface area (Å²) in [6, 6.07) is 0. The number of aliphatic hydroxyl groups is 8. The van der Waals surface area contributed by atoms with Crippen LogP contribution in [0.5, 0.6) is 0 Å². The maximum absolute atomic E-state index is 11.4. The van der Waals surface area contributed by atoms with Crippen molar-refractivity contribution < 1.29 is 105 Å². The van der Waals surface area contributed by atoms with Crippen LogP contribution in [-0.2, 0) is 38.4 Å². The molecule has 0 saturated carbocycles. The number of carbonyl (C=O) groups excluding carboxylic acids is 8. The molecule has 4 atom stereocenters. The Morgan fingerprint density at radius 2 is 0.507 bits per heavy atom. The molecular weight excluding hydrogens is 953 g/mol. The molecule has 0 fully saturated rings. The van der Waals surface area contributed by atoms with Crippen molar-refractivity contribution in [3.05, 3.63) is 0 Å². The molecule has 0 saturated heterocycles. The fraction of sp³-hybridized carbons (Fsp3) is 0.800. The van der Waals surface area contributed by atoms with Crippen molar-refractivity contribution in [1.82, 2.24) is 21.3 Å². The van der Waals surface area contributed by atoms with Gasteiger partial charge < -0.3 is 107 Å². The zero-order valence-electron chi connectivity index (χ0n) is 40.0. The minimum atomic E-state index is -1.32. The molecule has 0 rings (SSSR count). The smallest absolute Gasteiger partial charge is 0.550 e. The Balaban J connectivity index is -0.000000141. The van der Waals surface area contributed by atoms with E-state index in [2.05, 4.69) is 21.3 Å². The second-order valence-corrected chi connectivity index (χ2v) is 17.3. The van der Waals surface area contributed by atoms with Crippen molar-refractivity contribution in [1.29, 1.82) is 0 Å². The number of rotatable bonds is 28. The third kappa shape index (κ3) is 40.4. The first-order valence-corrected chi connectivity index (χ1v) is 20.3. The summed E-state index contributed by atoms with van der Waals surface area (Å²) >= 11 is 0. The van der Waals surface area contributed by atoms with E-state index in [1.165, 1.54) is 0 Å². The monoisotopic (exact) mass is 1030 g/mol. The molecule has 0 aliphatic heterocycles. The molecule has 4 amide bonds. The number of hydrogen-bond donors (Lipinski definition) is 12. The number of carboxylic acid groups (broad SMARTS) is 4. The minimum Gasteiger partial charge on any atom is -0.550 e. The second kappa shape index (κ2) is 41.7. The topological polar surface area (TPSA) is 470 Å². The van der Waals surface area contributed by atoms with Crippen molar-refractivity contribution in [3.8, 4) is 0 Å².